The number of rotatable bonds is 7. The van der Waals surface area contributed by atoms with E-state index in [1.807, 2.05) is 51.3 Å². The lowest BCUT2D eigenvalue weighted by Gasteiger charge is -2.28. The first-order valence-electron chi connectivity index (χ1n) is 9.66. The zero-order valence-electron chi connectivity index (χ0n) is 16.7. The quantitative estimate of drug-likeness (QED) is 0.546. The second-order valence-corrected chi connectivity index (χ2v) is 7.66. The Morgan fingerprint density at radius 1 is 1.18 bits per heavy atom. The fourth-order valence-corrected chi connectivity index (χ4v) is 3.55. The molecule has 5 nitrogen and oxygen atoms in total. The molecular weight excluding hydrogens is 420 g/mol. The van der Waals surface area contributed by atoms with Crippen molar-refractivity contribution in [2.24, 2.45) is 4.99 Å². The van der Waals surface area contributed by atoms with Crippen molar-refractivity contribution in [3.8, 4) is 11.5 Å². The third-order valence-corrected chi connectivity index (χ3v) is 4.86. The number of ether oxygens (including phenoxy) is 3. The maximum absolute atomic E-state index is 5.89. The van der Waals surface area contributed by atoms with E-state index in [9.17, 15) is 0 Å². The molecule has 1 aliphatic rings. The molecule has 0 aromatic heterocycles. The van der Waals surface area contributed by atoms with Crippen LogP contribution in [0.2, 0.25) is 0 Å². The van der Waals surface area contributed by atoms with Gasteiger partial charge in [-0.1, -0.05) is 0 Å². The Kier molecular flexibility index (Phi) is 7.34. The van der Waals surface area contributed by atoms with Crippen LogP contribution in [0, 0.1) is 0 Å². The van der Waals surface area contributed by atoms with Crippen molar-refractivity contribution in [1.29, 1.82) is 0 Å². The predicted molar refractivity (Wildman–Crippen MR) is 118 cm³/mol. The van der Waals surface area contributed by atoms with Gasteiger partial charge in [-0.3, -0.25) is 4.99 Å². The van der Waals surface area contributed by atoms with Gasteiger partial charge in [0.2, 0.25) is 0 Å². The fourth-order valence-electron chi connectivity index (χ4n) is 3.00. The Balaban J connectivity index is 1.75. The largest absolute Gasteiger partial charge is 0.490 e. The first kappa shape index (κ1) is 20.7. The fraction of sp³-hybridized carbons (Fsp3) is 0.409. The van der Waals surface area contributed by atoms with Gasteiger partial charge in [0.25, 0.3) is 0 Å². The average molecular weight is 447 g/mol. The van der Waals surface area contributed by atoms with E-state index in [1.165, 1.54) is 5.69 Å². The molecular formula is C22H27BrN2O3. The zero-order valence-corrected chi connectivity index (χ0v) is 18.2. The summed E-state index contributed by atoms with van der Waals surface area (Å²) in [5.41, 5.74) is 3.07. The Bertz CT molecular complexity index is 800. The van der Waals surface area contributed by atoms with Crippen LogP contribution >= 0.6 is 15.9 Å². The van der Waals surface area contributed by atoms with Crippen molar-refractivity contribution in [3.05, 3.63) is 46.4 Å². The lowest BCUT2D eigenvalue weighted by atomic mass is 10.2. The van der Waals surface area contributed by atoms with Crippen LogP contribution in [-0.2, 0) is 4.74 Å². The van der Waals surface area contributed by atoms with Gasteiger partial charge in [-0.2, -0.15) is 0 Å². The predicted octanol–water partition coefficient (Wildman–Crippen LogP) is 5.22. The van der Waals surface area contributed by atoms with Crippen LogP contribution < -0.4 is 14.4 Å². The topological polar surface area (TPSA) is 43.3 Å². The van der Waals surface area contributed by atoms with E-state index in [4.69, 9.17) is 14.2 Å². The molecule has 0 atom stereocenters. The van der Waals surface area contributed by atoms with Gasteiger partial charge in [0.1, 0.15) is 0 Å². The third-order valence-electron chi connectivity index (χ3n) is 4.27. The van der Waals surface area contributed by atoms with E-state index in [1.54, 1.807) is 0 Å². The number of aliphatic imine (C=N–C) groups is 1. The number of anilines is 1. The molecule has 0 unspecified atom stereocenters. The minimum Gasteiger partial charge on any atom is -0.490 e. The van der Waals surface area contributed by atoms with E-state index >= 15 is 0 Å². The molecule has 0 bridgehead atoms. The first-order chi connectivity index (χ1) is 13.6. The number of nitrogens with zero attached hydrogens (tertiary/aromatic N) is 2. The summed E-state index contributed by atoms with van der Waals surface area (Å²) in [5, 5.41) is 0. The maximum Gasteiger partial charge on any atom is 0.175 e. The summed E-state index contributed by atoms with van der Waals surface area (Å²) in [6, 6.07) is 12.2. The lowest BCUT2D eigenvalue weighted by molar-refractivity contribution is 0.122. The van der Waals surface area contributed by atoms with E-state index in [0.29, 0.717) is 6.61 Å². The molecule has 0 N–H and O–H groups in total. The van der Waals surface area contributed by atoms with Gasteiger partial charge in [-0.25, -0.2) is 0 Å². The van der Waals surface area contributed by atoms with Gasteiger partial charge in [-0.05, 0) is 78.7 Å². The van der Waals surface area contributed by atoms with Crippen LogP contribution in [0.3, 0.4) is 0 Å². The van der Waals surface area contributed by atoms with Gasteiger partial charge in [-0.15, -0.1) is 0 Å². The smallest absolute Gasteiger partial charge is 0.175 e. The molecule has 6 heteroatoms. The average Bonchev–Trinajstić information content (AvgIpc) is 2.70. The molecule has 2 aromatic carbocycles. The molecule has 1 saturated heterocycles. The standard InChI is InChI=1S/C22H27BrN2O3/c1-4-27-21-14-17(13-20(23)22(21)28-16(2)3)15-24-18-5-7-19(8-6-18)25-9-11-26-12-10-25/h5-8,13-16H,4,9-12H2,1-3H3. The van der Waals surface area contributed by atoms with Crippen molar-refractivity contribution >= 4 is 33.5 Å². The Hall–Kier alpha value is -2.05. The van der Waals surface area contributed by atoms with Crippen LogP contribution in [-0.4, -0.2) is 45.2 Å². The van der Waals surface area contributed by atoms with Crippen molar-refractivity contribution in [3.63, 3.8) is 0 Å². The molecule has 0 amide bonds. The van der Waals surface area contributed by atoms with E-state index < -0.39 is 0 Å². The highest BCUT2D eigenvalue weighted by atomic mass is 79.9. The van der Waals surface area contributed by atoms with E-state index in [2.05, 4.69) is 38.0 Å². The van der Waals surface area contributed by atoms with Crippen molar-refractivity contribution in [1.82, 2.24) is 0 Å². The van der Waals surface area contributed by atoms with Gasteiger partial charge in [0.15, 0.2) is 11.5 Å². The minimum absolute atomic E-state index is 0.0694. The maximum atomic E-state index is 5.89. The first-order valence-corrected chi connectivity index (χ1v) is 10.5. The van der Waals surface area contributed by atoms with Crippen LogP contribution in [0.15, 0.2) is 45.9 Å². The summed E-state index contributed by atoms with van der Waals surface area (Å²) < 4.78 is 17.9. The number of hydrogen-bond acceptors (Lipinski definition) is 5. The molecule has 1 heterocycles. The molecule has 0 aliphatic carbocycles. The van der Waals surface area contributed by atoms with Gasteiger partial charge in [0.05, 0.1) is 36.1 Å². The Morgan fingerprint density at radius 3 is 2.54 bits per heavy atom. The van der Waals surface area contributed by atoms with Gasteiger partial charge < -0.3 is 19.1 Å². The van der Waals surface area contributed by atoms with Gasteiger partial charge in [0, 0.05) is 25.0 Å². The monoisotopic (exact) mass is 446 g/mol. The van der Waals surface area contributed by atoms with Crippen molar-refractivity contribution in [2.45, 2.75) is 26.9 Å². The minimum atomic E-state index is 0.0694. The normalized spacial score (nSPS) is 14.7. The molecule has 0 radical (unpaired) electrons. The van der Waals surface area contributed by atoms with Gasteiger partial charge >= 0.3 is 0 Å². The zero-order chi connectivity index (χ0) is 19.9. The molecule has 2 aromatic rings. The van der Waals surface area contributed by atoms with Crippen LogP contribution in [0.1, 0.15) is 26.3 Å². The summed E-state index contributed by atoms with van der Waals surface area (Å²) in [5.74, 6) is 1.44. The molecule has 150 valence electrons. The Morgan fingerprint density at radius 2 is 1.89 bits per heavy atom. The highest BCUT2D eigenvalue weighted by Crippen LogP contribution is 2.37. The molecule has 3 rings (SSSR count). The third kappa shape index (κ3) is 5.49. The van der Waals surface area contributed by atoms with Crippen LogP contribution in [0.5, 0.6) is 11.5 Å². The number of hydrogen-bond donors (Lipinski definition) is 0. The molecule has 1 aliphatic heterocycles. The molecule has 0 spiro atoms. The summed E-state index contributed by atoms with van der Waals surface area (Å²) in [6.07, 6.45) is 1.91. The van der Waals surface area contributed by atoms with Crippen LogP contribution in [0.25, 0.3) is 0 Å². The SMILES string of the molecule is CCOc1cc(C=Nc2ccc(N3CCOCC3)cc2)cc(Br)c1OC(C)C. The van der Waals surface area contributed by atoms with Crippen LogP contribution in [0.4, 0.5) is 11.4 Å². The lowest BCUT2D eigenvalue weighted by Crippen LogP contribution is -2.36. The second-order valence-electron chi connectivity index (χ2n) is 6.80. The van der Waals surface area contributed by atoms with Crippen molar-refractivity contribution < 1.29 is 14.2 Å². The highest BCUT2D eigenvalue weighted by Gasteiger charge is 2.13. The molecule has 28 heavy (non-hydrogen) atoms. The molecule has 0 saturated carbocycles. The Labute approximate surface area is 175 Å². The van der Waals surface area contributed by atoms with E-state index in [-0.39, 0.29) is 6.10 Å². The summed E-state index contributed by atoms with van der Waals surface area (Å²) >= 11 is 3.59. The summed E-state index contributed by atoms with van der Waals surface area (Å²) in [6.45, 7) is 9.97. The summed E-state index contributed by atoms with van der Waals surface area (Å²) in [7, 11) is 0. The number of halogens is 1. The van der Waals surface area contributed by atoms with E-state index in [0.717, 1.165) is 53.5 Å². The highest BCUT2D eigenvalue weighted by molar-refractivity contribution is 9.10. The number of morpholine rings is 1. The van der Waals surface area contributed by atoms with Crippen molar-refractivity contribution in [2.75, 3.05) is 37.8 Å². The second kappa shape index (κ2) is 9.94. The number of benzene rings is 2. The summed E-state index contributed by atoms with van der Waals surface area (Å²) in [4.78, 5) is 6.94. The molecule has 1 fully saturated rings.